The first-order valence-electron chi connectivity index (χ1n) is 6.69. The monoisotopic (exact) mass is 249 g/mol. The second-order valence-electron chi connectivity index (χ2n) is 5.05. The van der Waals surface area contributed by atoms with Crippen LogP contribution in [0.15, 0.2) is 6.20 Å². The largest absolute Gasteiger partial charge is 0.369 e. The lowest BCUT2D eigenvalue weighted by Crippen LogP contribution is -2.20. The minimum Gasteiger partial charge on any atom is -0.369 e. The molecule has 1 unspecified atom stereocenters. The lowest BCUT2D eigenvalue weighted by atomic mass is 10.1. The average Bonchev–Trinajstić information content (AvgIpc) is 2.76. The van der Waals surface area contributed by atoms with Gasteiger partial charge in [0, 0.05) is 31.4 Å². The normalized spacial score (nSPS) is 20.1. The Labute approximate surface area is 109 Å². The van der Waals surface area contributed by atoms with E-state index in [1.807, 2.05) is 20.0 Å². The van der Waals surface area contributed by atoms with E-state index in [-0.39, 0.29) is 0 Å². The fraction of sp³-hybridized carbons (Fsp3) is 0.692. The van der Waals surface area contributed by atoms with Crippen molar-refractivity contribution < 1.29 is 0 Å². The van der Waals surface area contributed by atoms with Crippen LogP contribution in [-0.4, -0.2) is 48.1 Å². The molecule has 0 bridgehead atoms. The van der Waals surface area contributed by atoms with Crippen LogP contribution in [-0.2, 0) is 0 Å². The van der Waals surface area contributed by atoms with Gasteiger partial charge in [-0.05, 0) is 39.8 Å². The van der Waals surface area contributed by atoms with Gasteiger partial charge in [-0.2, -0.15) is 4.98 Å². The standard InChI is InChI=1S/C13H23N5/c1-4-14-13-16-7-10(2)12(17-13)15-8-11-5-6-18(3)9-11/h7,11H,4-6,8-9H2,1-3H3,(H2,14,15,16,17). The van der Waals surface area contributed by atoms with Gasteiger partial charge in [0.2, 0.25) is 5.95 Å². The van der Waals surface area contributed by atoms with Crippen molar-refractivity contribution in [3.8, 4) is 0 Å². The van der Waals surface area contributed by atoms with Crippen LogP contribution in [0.2, 0.25) is 0 Å². The molecule has 2 rings (SSSR count). The molecule has 1 aromatic rings. The predicted molar refractivity (Wildman–Crippen MR) is 75.0 cm³/mol. The Hall–Kier alpha value is -1.36. The molecular weight excluding hydrogens is 226 g/mol. The van der Waals surface area contributed by atoms with E-state index >= 15 is 0 Å². The van der Waals surface area contributed by atoms with Crippen LogP contribution in [0.25, 0.3) is 0 Å². The van der Waals surface area contributed by atoms with Crippen molar-refractivity contribution in [3.05, 3.63) is 11.8 Å². The second kappa shape index (κ2) is 6.00. The second-order valence-corrected chi connectivity index (χ2v) is 5.05. The molecule has 0 saturated carbocycles. The summed E-state index contributed by atoms with van der Waals surface area (Å²) in [7, 11) is 2.18. The third-order valence-corrected chi connectivity index (χ3v) is 3.35. The summed E-state index contributed by atoms with van der Waals surface area (Å²) in [6.07, 6.45) is 3.14. The van der Waals surface area contributed by atoms with Crippen LogP contribution in [0.4, 0.5) is 11.8 Å². The fourth-order valence-corrected chi connectivity index (χ4v) is 2.30. The molecule has 18 heavy (non-hydrogen) atoms. The molecule has 1 aliphatic rings. The van der Waals surface area contributed by atoms with E-state index < -0.39 is 0 Å². The Morgan fingerprint density at radius 1 is 1.44 bits per heavy atom. The molecule has 1 fully saturated rings. The SMILES string of the molecule is CCNc1ncc(C)c(NCC2CCN(C)C2)n1. The first-order valence-corrected chi connectivity index (χ1v) is 6.69. The van der Waals surface area contributed by atoms with Gasteiger partial charge >= 0.3 is 0 Å². The summed E-state index contributed by atoms with van der Waals surface area (Å²) in [6, 6.07) is 0. The summed E-state index contributed by atoms with van der Waals surface area (Å²) >= 11 is 0. The molecule has 0 radical (unpaired) electrons. The number of hydrogen-bond donors (Lipinski definition) is 2. The van der Waals surface area contributed by atoms with Crippen molar-refractivity contribution in [2.24, 2.45) is 5.92 Å². The van der Waals surface area contributed by atoms with E-state index in [2.05, 4.69) is 32.5 Å². The number of aromatic nitrogens is 2. The highest BCUT2D eigenvalue weighted by Gasteiger charge is 2.19. The first kappa shape index (κ1) is 13.1. The van der Waals surface area contributed by atoms with Crippen LogP contribution in [0, 0.1) is 12.8 Å². The Morgan fingerprint density at radius 3 is 2.94 bits per heavy atom. The Bertz CT molecular complexity index is 393. The summed E-state index contributed by atoms with van der Waals surface area (Å²) in [4.78, 5) is 11.1. The summed E-state index contributed by atoms with van der Waals surface area (Å²) in [5, 5.41) is 6.60. The summed E-state index contributed by atoms with van der Waals surface area (Å²) in [5.74, 6) is 2.39. The van der Waals surface area contributed by atoms with Gasteiger partial charge in [0.25, 0.3) is 0 Å². The van der Waals surface area contributed by atoms with Gasteiger partial charge in [-0.3, -0.25) is 0 Å². The van der Waals surface area contributed by atoms with Gasteiger partial charge < -0.3 is 15.5 Å². The quantitative estimate of drug-likeness (QED) is 0.830. The first-order chi connectivity index (χ1) is 8.69. The van der Waals surface area contributed by atoms with Crippen molar-refractivity contribution in [2.75, 3.05) is 43.9 Å². The zero-order valence-corrected chi connectivity index (χ0v) is 11.5. The number of likely N-dealkylation sites (tertiary alicyclic amines) is 1. The maximum Gasteiger partial charge on any atom is 0.224 e. The highest BCUT2D eigenvalue weighted by atomic mass is 15.2. The number of nitrogens with one attached hydrogen (secondary N) is 2. The Balaban J connectivity index is 1.93. The summed E-state index contributed by atoms with van der Waals surface area (Å²) in [5.41, 5.74) is 1.10. The molecule has 2 heterocycles. The molecule has 1 atom stereocenters. The van der Waals surface area contributed by atoms with E-state index in [4.69, 9.17) is 0 Å². The maximum absolute atomic E-state index is 4.50. The van der Waals surface area contributed by atoms with E-state index in [9.17, 15) is 0 Å². The van der Waals surface area contributed by atoms with Crippen LogP contribution in [0.5, 0.6) is 0 Å². The predicted octanol–water partition coefficient (Wildman–Crippen LogP) is 1.58. The number of hydrogen-bond acceptors (Lipinski definition) is 5. The fourth-order valence-electron chi connectivity index (χ4n) is 2.30. The molecule has 0 spiro atoms. The van der Waals surface area contributed by atoms with Crippen LogP contribution in [0.3, 0.4) is 0 Å². The van der Waals surface area contributed by atoms with Crippen molar-refractivity contribution >= 4 is 11.8 Å². The zero-order valence-electron chi connectivity index (χ0n) is 11.5. The van der Waals surface area contributed by atoms with E-state index in [0.717, 1.165) is 30.4 Å². The van der Waals surface area contributed by atoms with E-state index in [0.29, 0.717) is 5.95 Å². The van der Waals surface area contributed by atoms with Crippen LogP contribution in [0.1, 0.15) is 18.9 Å². The minimum atomic E-state index is 0.703. The van der Waals surface area contributed by atoms with Gasteiger partial charge in [0.1, 0.15) is 5.82 Å². The highest BCUT2D eigenvalue weighted by Crippen LogP contribution is 2.17. The van der Waals surface area contributed by atoms with Gasteiger partial charge in [0.05, 0.1) is 0 Å². The highest BCUT2D eigenvalue weighted by molar-refractivity contribution is 5.46. The lowest BCUT2D eigenvalue weighted by Gasteiger charge is -2.14. The Kier molecular flexibility index (Phi) is 4.36. The molecule has 0 aliphatic carbocycles. The van der Waals surface area contributed by atoms with Crippen LogP contribution < -0.4 is 10.6 Å². The third kappa shape index (κ3) is 3.32. The van der Waals surface area contributed by atoms with Gasteiger partial charge in [-0.15, -0.1) is 0 Å². The van der Waals surface area contributed by atoms with Crippen LogP contribution >= 0.6 is 0 Å². The molecule has 100 valence electrons. The van der Waals surface area contributed by atoms with Crippen molar-refractivity contribution in [1.82, 2.24) is 14.9 Å². The van der Waals surface area contributed by atoms with Crippen molar-refractivity contribution in [3.63, 3.8) is 0 Å². The van der Waals surface area contributed by atoms with Crippen molar-refractivity contribution in [1.29, 1.82) is 0 Å². The molecule has 5 nitrogen and oxygen atoms in total. The molecular formula is C13H23N5. The summed E-state index contributed by atoms with van der Waals surface area (Å²) < 4.78 is 0. The molecule has 5 heteroatoms. The molecule has 1 aliphatic heterocycles. The molecule has 2 N–H and O–H groups in total. The van der Waals surface area contributed by atoms with E-state index in [1.54, 1.807) is 0 Å². The number of nitrogens with zero attached hydrogens (tertiary/aromatic N) is 3. The lowest BCUT2D eigenvalue weighted by molar-refractivity contribution is 0.399. The van der Waals surface area contributed by atoms with Crippen molar-refractivity contribution in [2.45, 2.75) is 20.3 Å². The molecule has 0 amide bonds. The topological polar surface area (TPSA) is 53.1 Å². The number of rotatable bonds is 5. The smallest absolute Gasteiger partial charge is 0.224 e. The van der Waals surface area contributed by atoms with E-state index in [1.165, 1.54) is 19.5 Å². The molecule has 0 aromatic carbocycles. The third-order valence-electron chi connectivity index (χ3n) is 3.35. The zero-order chi connectivity index (χ0) is 13.0. The minimum absolute atomic E-state index is 0.703. The Morgan fingerprint density at radius 2 is 2.28 bits per heavy atom. The molecule has 1 aromatic heterocycles. The van der Waals surface area contributed by atoms with Gasteiger partial charge in [-0.25, -0.2) is 4.98 Å². The van der Waals surface area contributed by atoms with Gasteiger partial charge in [0.15, 0.2) is 0 Å². The summed E-state index contributed by atoms with van der Waals surface area (Å²) in [6.45, 7) is 8.31. The number of aryl methyl sites for hydroxylation is 1. The molecule has 1 saturated heterocycles. The van der Waals surface area contributed by atoms with Gasteiger partial charge in [-0.1, -0.05) is 0 Å². The average molecular weight is 249 g/mol. The number of anilines is 2. The maximum atomic E-state index is 4.50.